The molecule has 98 valence electrons. The molecule has 0 aliphatic rings. The average Bonchev–Trinajstić information content (AvgIpc) is 2.25. The number of nitrogens with zero attached hydrogens (tertiary/aromatic N) is 1. The minimum Gasteiger partial charge on any atom is -0.198 e. The summed E-state index contributed by atoms with van der Waals surface area (Å²) in [7, 11) is 0. The summed E-state index contributed by atoms with van der Waals surface area (Å²) in [6.45, 7) is 11.2. The van der Waals surface area contributed by atoms with Gasteiger partial charge in [0.1, 0.15) is 0 Å². The molecule has 0 atom stereocenters. The topological polar surface area (TPSA) is 23.8 Å². The van der Waals surface area contributed by atoms with Crippen LogP contribution in [-0.2, 0) is 11.8 Å². The normalized spacial score (nSPS) is 11.3. The smallest absolute Gasteiger partial charge is 0.0621 e. The maximum absolute atomic E-state index is 8.55. The van der Waals surface area contributed by atoms with Gasteiger partial charge in [0.25, 0.3) is 0 Å². The van der Waals surface area contributed by atoms with Gasteiger partial charge in [0.05, 0.1) is 6.07 Å². The van der Waals surface area contributed by atoms with Gasteiger partial charge in [0, 0.05) is 6.42 Å². The largest absolute Gasteiger partial charge is 0.198 e. The van der Waals surface area contributed by atoms with Crippen LogP contribution < -0.4 is 0 Å². The Hall–Kier alpha value is -1.29. The lowest BCUT2D eigenvalue weighted by molar-refractivity contribution is 0.588. The van der Waals surface area contributed by atoms with Crippen LogP contribution in [0.5, 0.6) is 0 Å². The summed E-state index contributed by atoms with van der Waals surface area (Å²) in [6.07, 6.45) is 3.91. The van der Waals surface area contributed by atoms with Crippen LogP contribution in [0.25, 0.3) is 0 Å². The van der Waals surface area contributed by atoms with Crippen molar-refractivity contribution in [1.82, 2.24) is 0 Å². The average molecular weight is 243 g/mol. The van der Waals surface area contributed by atoms with Crippen molar-refractivity contribution >= 4 is 0 Å². The highest BCUT2D eigenvalue weighted by Crippen LogP contribution is 2.27. The standard InChI is InChI=1S/C17H25N/c1-13-11-15(17(3,4)5)12-14(2)16(13)9-7-6-8-10-18/h11-12H,6-9H2,1-5H3. The Bertz CT molecular complexity index is 421. The number of hydrogen-bond donors (Lipinski definition) is 0. The molecule has 0 saturated heterocycles. The van der Waals surface area contributed by atoms with E-state index in [-0.39, 0.29) is 5.41 Å². The fourth-order valence-corrected chi connectivity index (χ4v) is 2.33. The zero-order valence-electron chi connectivity index (χ0n) is 12.4. The van der Waals surface area contributed by atoms with E-state index in [1.165, 1.54) is 22.3 Å². The summed E-state index contributed by atoms with van der Waals surface area (Å²) in [5, 5.41) is 8.55. The van der Waals surface area contributed by atoms with Gasteiger partial charge in [0.15, 0.2) is 0 Å². The van der Waals surface area contributed by atoms with Gasteiger partial charge in [-0.15, -0.1) is 0 Å². The quantitative estimate of drug-likeness (QED) is 0.694. The van der Waals surface area contributed by atoms with Crippen molar-refractivity contribution in [1.29, 1.82) is 5.26 Å². The van der Waals surface area contributed by atoms with E-state index < -0.39 is 0 Å². The van der Waals surface area contributed by atoms with Gasteiger partial charge in [-0.2, -0.15) is 5.26 Å². The van der Waals surface area contributed by atoms with E-state index >= 15 is 0 Å². The molecule has 1 aromatic rings. The molecule has 0 aliphatic heterocycles. The zero-order chi connectivity index (χ0) is 13.8. The van der Waals surface area contributed by atoms with E-state index in [1.54, 1.807) is 0 Å². The second-order valence-electron chi connectivity index (χ2n) is 6.20. The third-order valence-electron chi connectivity index (χ3n) is 3.53. The highest BCUT2D eigenvalue weighted by atomic mass is 14.2. The van der Waals surface area contributed by atoms with Gasteiger partial charge >= 0.3 is 0 Å². The molecule has 0 aromatic heterocycles. The van der Waals surface area contributed by atoms with Crippen LogP contribution in [-0.4, -0.2) is 0 Å². The lowest BCUT2D eigenvalue weighted by atomic mass is 9.83. The molecule has 0 amide bonds. The number of hydrogen-bond acceptors (Lipinski definition) is 1. The molecule has 18 heavy (non-hydrogen) atoms. The fraction of sp³-hybridized carbons (Fsp3) is 0.588. The third kappa shape index (κ3) is 3.88. The molecular weight excluding hydrogens is 218 g/mol. The predicted molar refractivity (Wildman–Crippen MR) is 77.8 cm³/mol. The van der Waals surface area contributed by atoms with Crippen molar-refractivity contribution in [2.45, 2.75) is 65.7 Å². The van der Waals surface area contributed by atoms with Gasteiger partial charge < -0.3 is 0 Å². The lowest BCUT2D eigenvalue weighted by Gasteiger charge is -2.22. The van der Waals surface area contributed by atoms with E-state index in [0.29, 0.717) is 6.42 Å². The minimum absolute atomic E-state index is 0.217. The molecular formula is C17H25N. The summed E-state index contributed by atoms with van der Waals surface area (Å²) in [4.78, 5) is 0. The van der Waals surface area contributed by atoms with E-state index in [2.05, 4.69) is 52.8 Å². The minimum atomic E-state index is 0.217. The Morgan fingerprint density at radius 2 is 1.61 bits per heavy atom. The van der Waals surface area contributed by atoms with Crippen LogP contribution in [0.3, 0.4) is 0 Å². The van der Waals surface area contributed by atoms with E-state index in [9.17, 15) is 0 Å². The van der Waals surface area contributed by atoms with Gasteiger partial charge in [-0.3, -0.25) is 0 Å². The number of nitriles is 1. The first-order valence-corrected chi connectivity index (χ1v) is 6.84. The van der Waals surface area contributed by atoms with Crippen LogP contribution >= 0.6 is 0 Å². The molecule has 0 N–H and O–H groups in total. The highest BCUT2D eigenvalue weighted by molar-refractivity contribution is 5.40. The SMILES string of the molecule is Cc1cc(C(C)(C)C)cc(C)c1CCCCC#N. The van der Waals surface area contributed by atoms with Crippen molar-refractivity contribution in [3.8, 4) is 6.07 Å². The van der Waals surface area contributed by atoms with Crippen LogP contribution in [0.15, 0.2) is 12.1 Å². The van der Waals surface area contributed by atoms with Crippen molar-refractivity contribution in [3.63, 3.8) is 0 Å². The van der Waals surface area contributed by atoms with Crippen LogP contribution in [0.2, 0.25) is 0 Å². The molecule has 0 spiro atoms. The van der Waals surface area contributed by atoms with Gasteiger partial charge in [-0.1, -0.05) is 32.9 Å². The van der Waals surface area contributed by atoms with E-state index in [1.807, 2.05) is 0 Å². The molecule has 1 rings (SSSR count). The molecule has 0 fully saturated rings. The third-order valence-corrected chi connectivity index (χ3v) is 3.53. The summed E-state index contributed by atoms with van der Waals surface area (Å²) in [6, 6.07) is 6.86. The van der Waals surface area contributed by atoms with Crippen molar-refractivity contribution in [3.05, 3.63) is 34.4 Å². The second kappa shape index (κ2) is 6.05. The number of benzene rings is 1. The molecule has 1 nitrogen and oxygen atoms in total. The number of unbranched alkanes of at least 4 members (excludes halogenated alkanes) is 2. The van der Waals surface area contributed by atoms with Crippen LogP contribution in [0.1, 0.15) is 62.3 Å². The monoisotopic (exact) mass is 243 g/mol. The Balaban J connectivity index is 2.86. The fourth-order valence-electron chi connectivity index (χ4n) is 2.33. The Kier molecular flexibility index (Phi) is 4.96. The van der Waals surface area contributed by atoms with Crippen molar-refractivity contribution in [2.24, 2.45) is 0 Å². The van der Waals surface area contributed by atoms with E-state index in [0.717, 1.165) is 19.3 Å². The first-order valence-electron chi connectivity index (χ1n) is 6.84. The van der Waals surface area contributed by atoms with Crippen LogP contribution in [0, 0.1) is 25.2 Å². The van der Waals surface area contributed by atoms with Crippen LogP contribution in [0.4, 0.5) is 0 Å². The van der Waals surface area contributed by atoms with Crippen molar-refractivity contribution < 1.29 is 0 Å². The predicted octanol–water partition coefficient (Wildman–Crippen LogP) is 4.84. The molecule has 0 unspecified atom stereocenters. The Labute approximate surface area is 112 Å². The summed E-state index contributed by atoms with van der Waals surface area (Å²) < 4.78 is 0. The summed E-state index contributed by atoms with van der Waals surface area (Å²) in [5.74, 6) is 0. The first-order chi connectivity index (χ1) is 8.36. The summed E-state index contributed by atoms with van der Waals surface area (Å²) in [5.41, 5.74) is 5.91. The lowest BCUT2D eigenvalue weighted by Crippen LogP contribution is -2.12. The Morgan fingerprint density at radius 3 is 2.06 bits per heavy atom. The first kappa shape index (κ1) is 14.8. The molecule has 0 saturated carbocycles. The highest BCUT2D eigenvalue weighted by Gasteiger charge is 2.15. The van der Waals surface area contributed by atoms with Gasteiger partial charge in [-0.05, 0) is 60.8 Å². The summed E-state index contributed by atoms with van der Waals surface area (Å²) >= 11 is 0. The molecule has 1 heteroatoms. The molecule has 0 radical (unpaired) electrons. The molecule has 1 aromatic carbocycles. The van der Waals surface area contributed by atoms with Gasteiger partial charge in [0.2, 0.25) is 0 Å². The number of aryl methyl sites for hydroxylation is 2. The van der Waals surface area contributed by atoms with Gasteiger partial charge in [-0.25, -0.2) is 0 Å². The maximum atomic E-state index is 8.55. The maximum Gasteiger partial charge on any atom is 0.0621 e. The molecule has 0 aliphatic carbocycles. The molecule has 0 bridgehead atoms. The molecule has 0 heterocycles. The Morgan fingerprint density at radius 1 is 1.06 bits per heavy atom. The zero-order valence-corrected chi connectivity index (χ0v) is 12.4. The van der Waals surface area contributed by atoms with E-state index in [4.69, 9.17) is 5.26 Å². The number of rotatable bonds is 4. The second-order valence-corrected chi connectivity index (χ2v) is 6.20. The van der Waals surface area contributed by atoms with Crippen molar-refractivity contribution in [2.75, 3.05) is 0 Å².